The van der Waals surface area contributed by atoms with Crippen LogP contribution < -0.4 is 10.0 Å². The Morgan fingerprint density at radius 2 is 1.66 bits per heavy atom. The van der Waals surface area contributed by atoms with Crippen molar-refractivity contribution >= 4 is 33.6 Å². The fraction of sp³-hybridized carbons (Fsp3) is 0.550. The Hall–Kier alpha value is -2.42. The van der Waals surface area contributed by atoms with Gasteiger partial charge in [0.25, 0.3) is 0 Å². The maximum atomic E-state index is 12.7. The summed E-state index contributed by atoms with van der Waals surface area (Å²) in [5.74, 6) is -1.26. The number of hydrogen-bond acceptors (Lipinski definition) is 5. The molecule has 0 saturated carbocycles. The Kier molecular flexibility index (Phi) is 5.10. The van der Waals surface area contributed by atoms with Crippen molar-refractivity contribution in [2.75, 3.05) is 11.9 Å². The van der Waals surface area contributed by atoms with Crippen LogP contribution in [0.3, 0.4) is 0 Å². The molecular weight excluding hydrogens is 394 g/mol. The normalized spacial score (nSPS) is 20.9. The number of fused-ring (bicyclic) bond motifs is 2. The lowest BCUT2D eigenvalue weighted by molar-refractivity contribution is -0.144. The van der Waals surface area contributed by atoms with E-state index in [4.69, 9.17) is 0 Å². The van der Waals surface area contributed by atoms with Gasteiger partial charge in [-0.15, -0.1) is 0 Å². The van der Waals surface area contributed by atoms with Crippen LogP contribution in [-0.2, 0) is 45.3 Å². The predicted octanol–water partition coefficient (Wildman–Crippen LogP) is 1.65. The molecular formula is C20H25N3O5S. The van der Waals surface area contributed by atoms with Crippen LogP contribution in [0.25, 0.3) is 0 Å². The highest BCUT2D eigenvalue weighted by molar-refractivity contribution is 7.91. The number of anilines is 1. The van der Waals surface area contributed by atoms with E-state index in [1.165, 1.54) is 18.1 Å². The number of likely N-dealkylation sites (tertiary alicyclic amines) is 1. The second-order valence-corrected chi connectivity index (χ2v) is 9.84. The molecule has 1 unspecified atom stereocenters. The number of nitrogens with zero attached hydrogens (tertiary/aromatic N) is 1. The minimum Gasteiger partial charge on any atom is -0.307 e. The molecule has 1 aromatic carbocycles. The molecule has 2 N–H and O–H groups in total. The third-order valence-electron chi connectivity index (χ3n) is 6.09. The molecule has 0 aromatic heterocycles. The SMILES string of the molecule is CC(=O)N1CCCC(S(=O)(=O)NC(=O)Nc2c3c(cc4c2CCC4)CCC3)C1=O. The van der Waals surface area contributed by atoms with Crippen LogP contribution in [0.4, 0.5) is 10.5 Å². The maximum absolute atomic E-state index is 12.7. The quantitative estimate of drug-likeness (QED) is 0.774. The summed E-state index contributed by atoms with van der Waals surface area (Å²) in [4.78, 5) is 37.5. The molecule has 1 atom stereocenters. The lowest BCUT2D eigenvalue weighted by atomic mass is 9.99. The van der Waals surface area contributed by atoms with Crippen LogP contribution in [0.2, 0.25) is 0 Å². The minimum absolute atomic E-state index is 0.0847. The van der Waals surface area contributed by atoms with Gasteiger partial charge in [-0.3, -0.25) is 14.5 Å². The van der Waals surface area contributed by atoms with E-state index in [0.29, 0.717) is 6.42 Å². The third kappa shape index (κ3) is 3.63. The van der Waals surface area contributed by atoms with Crippen molar-refractivity contribution in [1.29, 1.82) is 0 Å². The van der Waals surface area contributed by atoms with Crippen LogP contribution in [0.5, 0.6) is 0 Å². The number of piperidine rings is 1. The number of nitrogens with one attached hydrogen (secondary N) is 2. The van der Waals surface area contributed by atoms with E-state index in [2.05, 4.69) is 11.4 Å². The fourth-order valence-electron chi connectivity index (χ4n) is 4.75. The molecule has 4 amide bonds. The number of sulfonamides is 1. The van der Waals surface area contributed by atoms with E-state index in [1.807, 2.05) is 4.72 Å². The lowest BCUT2D eigenvalue weighted by Gasteiger charge is -2.29. The van der Waals surface area contributed by atoms with E-state index in [9.17, 15) is 22.8 Å². The lowest BCUT2D eigenvalue weighted by Crippen LogP contribution is -2.53. The Labute approximate surface area is 170 Å². The van der Waals surface area contributed by atoms with Gasteiger partial charge in [-0.2, -0.15) is 0 Å². The van der Waals surface area contributed by atoms with Gasteiger partial charge in [-0.05, 0) is 73.6 Å². The van der Waals surface area contributed by atoms with Crippen LogP contribution in [0.15, 0.2) is 6.07 Å². The molecule has 1 aromatic rings. The second kappa shape index (κ2) is 7.44. The summed E-state index contributed by atoms with van der Waals surface area (Å²) in [5.41, 5.74) is 5.37. The molecule has 3 aliphatic rings. The Morgan fingerprint density at radius 1 is 1.03 bits per heavy atom. The highest BCUT2D eigenvalue weighted by Crippen LogP contribution is 2.38. The van der Waals surface area contributed by atoms with Gasteiger partial charge in [0.05, 0.1) is 0 Å². The summed E-state index contributed by atoms with van der Waals surface area (Å²) in [6, 6.07) is 1.37. The monoisotopic (exact) mass is 419 g/mol. The number of rotatable bonds is 3. The number of carbonyl (C=O) groups excluding carboxylic acids is 3. The molecule has 8 nitrogen and oxygen atoms in total. The number of imide groups is 1. The van der Waals surface area contributed by atoms with Gasteiger partial charge in [0.15, 0.2) is 5.25 Å². The van der Waals surface area contributed by atoms with E-state index >= 15 is 0 Å². The van der Waals surface area contributed by atoms with Gasteiger partial charge in [-0.25, -0.2) is 17.9 Å². The maximum Gasteiger partial charge on any atom is 0.332 e. The van der Waals surface area contributed by atoms with E-state index in [-0.39, 0.29) is 13.0 Å². The second-order valence-electron chi connectivity index (χ2n) is 7.97. The zero-order valence-corrected chi connectivity index (χ0v) is 17.2. The first-order chi connectivity index (χ1) is 13.8. The summed E-state index contributed by atoms with van der Waals surface area (Å²) >= 11 is 0. The standard InChI is InChI=1S/C20H25N3O5S/c1-12(24)23-10-4-9-17(19(23)25)29(27,28)22-20(26)21-18-15-7-2-5-13(15)11-14-6-3-8-16(14)18/h11,17H,2-10H2,1H3,(H2,21,22,26). The minimum atomic E-state index is -4.25. The summed E-state index contributed by atoms with van der Waals surface area (Å²) in [6.07, 6.45) is 6.16. The van der Waals surface area contributed by atoms with Gasteiger partial charge >= 0.3 is 6.03 Å². The molecule has 1 saturated heterocycles. The van der Waals surface area contributed by atoms with E-state index in [0.717, 1.165) is 60.2 Å². The number of carbonyl (C=O) groups is 3. The highest BCUT2D eigenvalue weighted by atomic mass is 32.2. The Balaban J connectivity index is 1.54. The first-order valence-electron chi connectivity index (χ1n) is 10.1. The van der Waals surface area contributed by atoms with Gasteiger partial charge in [0, 0.05) is 19.2 Å². The molecule has 0 bridgehead atoms. The summed E-state index contributed by atoms with van der Waals surface area (Å²) < 4.78 is 27.4. The van der Waals surface area contributed by atoms with Gasteiger partial charge in [0.1, 0.15) is 0 Å². The number of benzene rings is 1. The molecule has 9 heteroatoms. The van der Waals surface area contributed by atoms with Crippen molar-refractivity contribution in [2.45, 2.75) is 63.5 Å². The van der Waals surface area contributed by atoms with Crippen LogP contribution in [-0.4, -0.2) is 43.0 Å². The van der Waals surface area contributed by atoms with Crippen molar-refractivity contribution in [2.24, 2.45) is 0 Å². The number of aryl methyl sites for hydroxylation is 2. The average Bonchev–Trinajstić information content (AvgIpc) is 3.29. The molecule has 29 heavy (non-hydrogen) atoms. The Morgan fingerprint density at radius 3 is 2.24 bits per heavy atom. The van der Waals surface area contributed by atoms with Crippen molar-refractivity contribution < 1.29 is 22.8 Å². The van der Waals surface area contributed by atoms with E-state index < -0.39 is 33.1 Å². The first kappa shape index (κ1) is 19.9. The zero-order valence-electron chi connectivity index (χ0n) is 16.4. The van der Waals surface area contributed by atoms with Crippen molar-refractivity contribution in [1.82, 2.24) is 9.62 Å². The Bertz CT molecular complexity index is 970. The number of hydrogen-bond donors (Lipinski definition) is 2. The van der Waals surface area contributed by atoms with E-state index in [1.54, 1.807) is 0 Å². The molecule has 2 aliphatic carbocycles. The largest absolute Gasteiger partial charge is 0.332 e. The van der Waals surface area contributed by atoms with Crippen molar-refractivity contribution in [3.63, 3.8) is 0 Å². The van der Waals surface area contributed by atoms with Gasteiger partial charge in [0.2, 0.25) is 21.8 Å². The molecule has 156 valence electrons. The van der Waals surface area contributed by atoms with Crippen molar-refractivity contribution in [3.8, 4) is 0 Å². The first-order valence-corrected chi connectivity index (χ1v) is 11.6. The topological polar surface area (TPSA) is 113 Å². The molecule has 1 fully saturated rings. The molecule has 1 heterocycles. The molecule has 0 radical (unpaired) electrons. The number of amides is 4. The van der Waals surface area contributed by atoms with Crippen LogP contribution >= 0.6 is 0 Å². The molecule has 1 aliphatic heterocycles. The van der Waals surface area contributed by atoms with Crippen LogP contribution in [0.1, 0.15) is 54.9 Å². The van der Waals surface area contributed by atoms with Gasteiger partial charge in [-0.1, -0.05) is 6.07 Å². The fourth-order valence-corrected chi connectivity index (χ4v) is 6.07. The summed E-state index contributed by atoms with van der Waals surface area (Å²) in [5, 5.41) is 1.33. The average molecular weight is 420 g/mol. The van der Waals surface area contributed by atoms with Gasteiger partial charge < -0.3 is 5.32 Å². The smallest absolute Gasteiger partial charge is 0.307 e. The molecule has 4 rings (SSSR count). The van der Waals surface area contributed by atoms with Crippen molar-refractivity contribution in [3.05, 3.63) is 28.3 Å². The highest BCUT2D eigenvalue weighted by Gasteiger charge is 2.41. The third-order valence-corrected chi connectivity index (χ3v) is 7.75. The summed E-state index contributed by atoms with van der Waals surface area (Å²) in [6.45, 7) is 1.43. The number of urea groups is 1. The zero-order chi connectivity index (χ0) is 20.8. The predicted molar refractivity (Wildman–Crippen MR) is 107 cm³/mol. The summed E-state index contributed by atoms with van der Waals surface area (Å²) in [7, 11) is -4.25. The van der Waals surface area contributed by atoms with Crippen LogP contribution in [0, 0.1) is 0 Å². The molecule has 0 spiro atoms.